The minimum Gasteiger partial charge on any atom is -0.486 e. The molecule has 4 nitrogen and oxygen atoms in total. The zero-order chi connectivity index (χ0) is 13.1. The highest BCUT2D eigenvalue weighted by molar-refractivity contribution is 6.31. The highest BCUT2D eigenvalue weighted by atomic mass is 35.5. The molecule has 0 N–H and O–H groups in total. The Hall–Kier alpha value is -1.42. The zero-order valence-corrected chi connectivity index (χ0v) is 11.1. The van der Waals surface area contributed by atoms with Gasteiger partial charge in [-0.15, -0.1) is 0 Å². The number of hydrogen-bond donors (Lipinski definition) is 0. The lowest BCUT2D eigenvalue weighted by Gasteiger charge is -2.21. The van der Waals surface area contributed by atoms with Gasteiger partial charge in [0, 0.05) is 11.1 Å². The Kier molecular flexibility index (Phi) is 3.97. The van der Waals surface area contributed by atoms with Crippen LogP contribution in [0.5, 0.6) is 11.5 Å². The molecule has 1 aliphatic rings. The lowest BCUT2D eigenvalue weighted by Crippen LogP contribution is -2.17. The summed E-state index contributed by atoms with van der Waals surface area (Å²) in [6.45, 7) is 4.90. The summed E-state index contributed by atoms with van der Waals surface area (Å²) in [7, 11) is 0. The van der Waals surface area contributed by atoms with Crippen LogP contribution in [0.1, 0.15) is 25.3 Å². The third-order valence-electron chi connectivity index (χ3n) is 2.77. The molecule has 0 aromatic heterocycles. The van der Waals surface area contributed by atoms with Crippen molar-refractivity contribution in [3.63, 3.8) is 0 Å². The Labute approximate surface area is 111 Å². The van der Waals surface area contributed by atoms with Crippen molar-refractivity contribution in [2.75, 3.05) is 19.8 Å². The average molecular weight is 271 g/mol. The molecule has 1 unspecified atom stereocenters. The molecule has 0 radical (unpaired) electrons. The van der Waals surface area contributed by atoms with Gasteiger partial charge in [-0.25, -0.2) is 0 Å². The Morgan fingerprint density at radius 1 is 1.39 bits per heavy atom. The van der Waals surface area contributed by atoms with Gasteiger partial charge in [0.15, 0.2) is 11.5 Å². The van der Waals surface area contributed by atoms with E-state index in [1.165, 1.54) is 0 Å². The van der Waals surface area contributed by atoms with Gasteiger partial charge in [-0.1, -0.05) is 11.6 Å². The van der Waals surface area contributed by atoms with Crippen molar-refractivity contribution >= 4 is 17.6 Å². The van der Waals surface area contributed by atoms with Crippen molar-refractivity contribution in [2.45, 2.75) is 19.8 Å². The molecule has 0 spiro atoms. The fourth-order valence-corrected chi connectivity index (χ4v) is 2.12. The van der Waals surface area contributed by atoms with Crippen LogP contribution in [-0.2, 0) is 9.53 Å². The van der Waals surface area contributed by atoms with Crippen LogP contribution in [0, 0.1) is 0 Å². The number of carbonyl (C=O) groups is 1. The summed E-state index contributed by atoms with van der Waals surface area (Å²) >= 11 is 6.16. The maximum atomic E-state index is 11.7. The predicted octanol–water partition coefficient (Wildman–Crippen LogP) is 2.78. The number of hydrogen-bond acceptors (Lipinski definition) is 4. The maximum Gasteiger partial charge on any atom is 0.313 e. The number of ether oxygens (including phenoxy) is 3. The van der Waals surface area contributed by atoms with E-state index in [1.807, 2.05) is 0 Å². The Morgan fingerprint density at radius 2 is 2.00 bits per heavy atom. The lowest BCUT2D eigenvalue weighted by molar-refractivity contribution is -0.144. The van der Waals surface area contributed by atoms with Gasteiger partial charge < -0.3 is 14.2 Å². The minimum atomic E-state index is -0.423. The van der Waals surface area contributed by atoms with Crippen LogP contribution in [0.2, 0.25) is 5.02 Å². The smallest absolute Gasteiger partial charge is 0.313 e. The van der Waals surface area contributed by atoms with Gasteiger partial charge in [-0.05, 0) is 25.5 Å². The van der Waals surface area contributed by atoms with Gasteiger partial charge in [0.25, 0.3) is 0 Å². The van der Waals surface area contributed by atoms with Gasteiger partial charge in [0.2, 0.25) is 0 Å². The molecule has 1 aliphatic heterocycles. The fraction of sp³-hybridized carbons (Fsp3) is 0.462. The van der Waals surface area contributed by atoms with E-state index < -0.39 is 5.92 Å². The number of halogens is 1. The van der Waals surface area contributed by atoms with E-state index in [1.54, 1.807) is 26.0 Å². The van der Waals surface area contributed by atoms with Crippen molar-refractivity contribution in [1.82, 2.24) is 0 Å². The fourth-order valence-electron chi connectivity index (χ4n) is 1.81. The highest BCUT2D eigenvalue weighted by Gasteiger charge is 2.23. The normalized spacial score (nSPS) is 15.1. The average Bonchev–Trinajstić information content (AvgIpc) is 2.37. The number of carbonyl (C=O) groups excluding carboxylic acids is 1. The third kappa shape index (κ3) is 2.53. The summed E-state index contributed by atoms with van der Waals surface area (Å²) < 4.78 is 15.9. The van der Waals surface area contributed by atoms with Crippen LogP contribution < -0.4 is 9.47 Å². The summed E-state index contributed by atoms with van der Waals surface area (Å²) in [6.07, 6.45) is 0. The van der Waals surface area contributed by atoms with E-state index in [0.717, 1.165) is 0 Å². The SMILES string of the molecule is CCOC(=O)C(C)c1cc2c(cc1Cl)OCCO2. The second kappa shape index (κ2) is 5.48. The van der Waals surface area contributed by atoms with Gasteiger partial charge in [-0.3, -0.25) is 4.79 Å². The van der Waals surface area contributed by atoms with Gasteiger partial charge in [-0.2, -0.15) is 0 Å². The first kappa shape index (κ1) is 13.0. The predicted molar refractivity (Wildman–Crippen MR) is 67.5 cm³/mol. The van der Waals surface area contributed by atoms with Gasteiger partial charge in [0.1, 0.15) is 13.2 Å². The van der Waals surface area contributed by atoms with Crippen LogP contribution in [0.3, 0.4) is 0 Å². The third-order valence-corrected chi connectivity index (χ3v) is 3.10. The molecule has 98 valence electrons. The lowest BCUT2D eigenvalue weighted by atomic mass is 10.0. The molecule has 1 atom stereocenters. The van der Waals surface area contributed by atoms with E-state index in [-0.39, 0.29) is 5.97 Å². The van der Waals surface area contributed by atoms with Crippen LogP contribution >= 0.6 is 11.6 Å². The van der Waals surface area contributed by atoms with E-state index in [4.69, 9.17) is 25.8 Å². The molecule has 0 aliphatic carbocycles. The highest BCUT2D eigenvalue weighted by Crippen LogP contribution is 2.38. The first-order valence-corrected chi connectivity index (χ1v) is 6.27. The molecule has 2 rings (SSSR count). The molecule has 1 heterocycles. The Bertz CT molecular complexity index is 459. The van der Waals surface area contributed by atoms with Crippen molar-refractivity contribution in [3.05, 3.63) is 22.7 Å². The van der Waals surface area contributed by atoms with Crippen LogP contribution in [0.25, 0.3) is 0 Å². The molecule has 0 saturated heterocycles. The summed E-state index contributed by atoms with van der Waals surface area (Å²) in [5, 5.41) is 0.486. The number of esters is 1. The molecule has 1 aromatic carbocycles. The zero-order valence-electron chi connectivity index (χ0n) is 10.4. The first-order valence-electron chi connectivity index (χ1n) is 5.89. The minimum absolute atomic E-state index is 0.295. The largest absolute Gasteiger partial charge is 0.486 e. The molecular weight excluding hydrogens is 256 g/mol. The summed E-state index contributed by atoms with van der Waals surface area (Å²) in [4.78, 5) is 11.7. The van der Waals surface area contributed by atoms with Crippen molar-refractivity contribution in [1.29, 1.82) is 0 Å². The summed E-state index contributed by atoms with van der Waals surface area (Å²) in [6, 6.07) is 3.43. The molecule has 5 heteroatoms. The molecule has 1 aromatic rings. The van der Waals surface area contributed by atoms with E-state index >= 15 is 0 Å². The number of benzene rings is 1. The molecule has 18 heavy (non-hydrogen) atoms. The van der Waals surface area contributed by atoms with Crippen molar-refractivity contribution in [3.8, 4) is 11.5 Å². The van der Waals surface area contributed by atoms with Crippen LogP contribution in [-0.4, -0.2) is 25.8 Å². The van der Waals surface area contributed by atoms with Crippen molar-refractivity contribution in [2.24, 2.45) is 0 Å². The molecule has 0 fully saturated rings. The molecule has 0 bridgehead atoms. The summed E-state index contributed by atoms with van der Waals surface area (Å²) in [5.41, 5.74) is 0.694. The van der Waals surface area contributed by atoms with Crippen LogP contribution in [0.4, 0.5) is 0 Å². The van der Waals surface area contributed by atoms with Crippen LogP contribution in [0.15, 0.2) is 12.1 Å². The second-order valence-electron chi connectivity index (χ2n) is 3.99. The Balaban J connectivity index is 2.30. The molecule has 0 saturated carbocycles. The molecular formula is C13H15ClO4. The topological polar surface area (TPSA) is 44.8 Å². The second-order valence-corrected chi connectivity index (χ2v) is 4.40. The standard InChI is InChI=1S/C13H15ClO4/c1-3-16-13(15)8(2)9-6-11-12(7-10(9)14)18-5-4-17-11/h6-8H,3-5H2,1-2H3. The first-order chi connectivity index (χ1) is 8.63. The summed E-state index contributed by atoms with van der Waals surface area (Å²) in [5.74, 6) is 0.521. The van der Waals surface area contributed by atoms with E-state index in [9.17, 15) is 4.79 Å². The number of fused-ring (bicyclic) bond motifs is 1. The number of rotatable bonds is 3. The Morgan fingerprint density at radius 3 is 2.61 bits per heavy atom. The van der Waals surface area contributed by atoms with Gasteiger partial charge in [0.05, 0.1) is 12.5 Å². The monoisotopic (exact) mass is 270 g/mol. The van der Waals surface area contributed by atoms with E-state index in [2.05, 4.69) is 0 Å². The molecule has 0 amide bonds. The quantitative estimate of drug-likeness (QED) is 0.793. The van der Waals surface area contributed by atoms with Crippen molar-refractivity contribution < 1.29 is 19.0 Å². The van der Waals surface area contributed by atoms with Gasteiger partial charge >= 0.3 is 5.97 Å². The maximum absolute atomic E-state index is 11.7. The van der Waals surface area contributed by atoms with E-state index in [0.29, 0.717) is 41.9 Å².